The van der Waals surface area contributed by atoms with Gasteiger partial charge in [0, 0.05) is 18.3 Å². The standard InChI is InChI=1S/C13H29N3/c1-5-6-7-11-15-12(2)13(16(3)4)9-8-10-14/h13,15H,2,5-11,14H2,1,3-4H3. The molecule has 0 aromatic carbocycles. The van der Waals surface area contributed by atoms with Gasteiger partial charge in [-0.05, 0) is 39.9 Å². The van der Waals surface area contributed by atoms with Crippen molar-refractivity contribution in [3.63, 3.8) is 0 Å². The molecule has 1 unspecified atom stereocenters. The van der Waals surface area contributed by atoms with E-state index in [4.69, 9.17) is 5.73 Å². The lowest BCUT2D eigenvalue weighted by molar-refractivity contribution is 0.300. The number of nitrogens with zero attached hydrogens (tertiary/aromatic N) is 1. The highest BCUT2D eigenvalue weighted by Crippen LogP contribution is 2.09. The molecular formula is C13H29N3. The SMILES string of the molecule is C=C(NCCCCC)C(CCCN)N(C)C. The summed E-state index contributed by atoms with van der Waals surface area (Å²) in [5.74, 6) is 0. The molecule has 0 bridgehead atoms. The predicted molar refractivity (Wildman–Crippen MR) is 72.4 cm³/mol. The van der Waals surface area contributed by atoms with Gasteiger partial charge in [-0.25, -0.2) is 0 Å². The van der Waals surface area contributed by atoms with E-state index in [2.05, 4.69) is 37.8 Å². The Morgan fingerprint density at radius 2 is 2.00 bits per heavy atom. The Balaban J connectivity index is 3.87. The number of likely N-dealkylation sites (N-methyl/N-ethyl adjacent to an activating group) is 1. The van der Waals surface area contributed by atoms with Crippen LogP contribution in [0.3, 0.4) is 0 Å². The first-order valence-corrected chi connectivity index (χ1v) is 6.42. The Morgan fingerprint density at radius 1 is 1.31 bits per heavy atom. The molecule has 3 nitrogen and oxygen atoms in total. The zero-order valence-electron chi connectivity index (χ0n) is 11.3. The minimum absolute atomic E-state index is 0.408. The maximum Gasteiger partial charge on any atom is 0.0483 e. The number of unbranched alkanes of at least 4 members (excludes halogenated alkanes) is 2. The van der Waals surface area contributed by atoms with Crippen molar-refractivity contribution < 1.29 is 0 Å². The van der Waals surface area contributed by atoms with Crippen LogP contribution in [0.2, 0.25) is 0 Å². The predicted octanol–water partition coefficient (Wildman–Crippen LogP) is 1.95. The van der Waals surface area contributed by atoms with Crippen molar-refractivity contribution in [3.8, 4) is 0 Å². The van der Waals surface area contributed by atoms with Crippen LogP contribution in [0.15, 0.2) is 12.3 Å². The fourth-order valence-corrected chi connectivity index (χ4v) is 1.80. The monoisotopic (exact) mass is 227 g/mol. The van der Waals surface area contributed by atoms with E-state index in [-0.39, 0.29) is 0 Å². The van der Waals surface area contributed by atoms with Gasteiger partial charge in [0.15, 0.2) is 0 Å². The molecule has 1 atom stereocenters. The highest BCUT2D eigenvalue weighted by Gasteiger charge is 2.13. The fourth-order valence-electron chi connectivity index (χ4n) is 1.80. The van der Waals surface area contributed by atoms with E-state index in [0.29, 0.717) is 6.04 Å². The van der Waals surface area contributed by atoms with Crippen molar-refractivity contribution in [1.82, 2.24) is 10.2 Å². The number of rotatable bonds is 10. The molecule has 0 saturated heterocycles. The van der Waals surface area contributed by atoms with Gasteiger partial charge in [0.2, 0.25) is 0 Å². The molecule has 0 aliphatic rings. The molecule has 0 saturated carbocycles. The van der Waals surface area contributed by atoms with Gasteiger partial charge in [-0.1, -0.05) is 26.3 Å². The maximum atomic E-state index is 5.55. The molecule has 0 rings (SSSR count). The van der Waals surface area contributed by atoms with Crippen molar-refractivity contribution in [2.24, 2.45) is 5.73 Å². The molecule has 0 aliphatic heterocycles. The van der Waals surface area contributed by atoms with E-state index in [1.807, 2.05) is 0 Å². The first-order chi connectivity index (χ1) is 7.63. The van der Waals surface area contributed by atoms with Crippen molar-refractivity contribution in [2.45, 2.75) is 45.1 Å². The summed E-state index contributed by atoms with van der Waals surface area (Å²) in [5.41, 5.74) is 6.68. The molecule has 0 aliphatic carbocycles. The van der Waals surface area contributed by atoms with E-state index in [1.165, 1.54) is 19.3 Å². The topological polar surface area (TPSA) is 41.3 Å². The van der Waals surface area contributed by atoms with Gasteiger partial charge in [-0.3, -0.25) is 0 Å². The van der Waals surface area contributed by atoms with Crippen molar-refractivity contribution >= 4 is 0 Å². The second kappa shape index (κ2) is 9.67. The number of nitrogens with one attached hydrogen (secondary N) is 1. The van der Waals surface area contributed by atoms with E-state index in [1.54, 1.807) is 0 Å². The smallest absolute Gasteiger partial charge is 0.0483 e. The normalized spacial score (nSPS) is 12.8. The number of nitrogens with two attached hydrogens (primary N) is 1. The molecule has 16 heavy (non-hydrogen) atoms. The summed E-state index contributed by atoms with van der Waals surface area (Å²) in [4.78, 5) is 2.21. The largest absolute Gasteiger partial charge is 0.388 e. The lowest BCUT2D eigenvalue weighted by Gasteiger charge is -2.27. The molecule has 0 radical (unpaired) electrons. The van der Waals surface area contributed by atoms with Crippen LogP contribution in [0.25, 0.3) is 0 Å². The van der Waals surface area contributed by atoms with E-state index in [0.717, 1.165) is 31.6 Å². The van der Waals surface area contributed by atoms with Gasteiger partial charge < -0.3 is 16.0 Å². The average molecular weight is 227 g/mol. The molecule has 0 aromatic rings. The molecule has 0 fully saturated rings. The first kappa shape index (κ1) is 15.5. The molecular weight excluding hydrogens is 198 g/mol. The second-order valence-corrected chi connectivity index (χ2v) is 4.57. The molecule has 0 spiro atoms. The molecule has 0 aromatic heterocycles. The first-order valence-electron chi connectivity index (χ1n) is 6.42. The summed E-state index contributed by atoms with van der Waals surface area (Å²) >= 11 is 0. The Bertz CT molecular complexity index is 178. The van der Waals surface area contributed by atoms with Crippen LogP contribution in [0.1, 0.15) is 39.0 Å². The molecule has 3 N–H and O–H groups in total. The summed E-state index contributed by atoms with van der Waals surface area (Å²) in [6.07, 6.45) is 5.92. The summed E-state index contributed by atoms with van der Waals surface area (Å²) < 4.78 is 0. The van der Waals surface area contributed by atoms with Crippen LogP contribution < -0.4 is 11.1 Å². The zero-order chi connectivity index (χ0) is 12.4. The van der Waals surface area contributed by atoms with E-state index >= 15 is 0 Å². The Morgan fingerprint density at radius 3 is 2.50 bits per heavy atom. The summed E-state index contributed by atoms with van der Waals surface area (Å²) in [5, 5.41) is 3.43. The minimum atomic E-state index is 0.408. The summed E-state index contributed by atoms with van der Waals surface area (Å²) in [7, 11) is 4.19. The van der Waals surface area contributed by atoms with E-state index < -0.39 is 0 Å². The summed E-state index contributed by atoms with van der Waals surface area (Å²) in [6.45, 7) is 8.15. The van der Waals surface area contributed by atoms with Crippen LogP contribution >= 0.6 is 0 Å². The Hall–Kier alpha value is -0.540. The van der Waals surface area contributed by atoms with E-state index in [9.17, 15) is 0 Å². The minimum Gasteiger partial charge on any atom is -0.388 e. The third-order valence-corrected chi connectivity index (χ3v) is 2.84. The maximum absolute atomic E-state index is 5.55. The lowest BCUT2D eigenvalue weighted by Crippen LogP contribution is -2.36. The molecule has 0 amide bonds. The zero-order valence-corrected chi connectivity index (χ0v) is 11.3. The van der Waals surface area contributed by atoms with Crippen LogP contribution in [0.5, 0.6) is 0 Å². The second-order valence-electron chi connectivity index (χ2n) is 4.57. The fraction of sp³-hybridized carbons (Fsp3) is 0.846. The quantitative estimate of drug-likeness (QED) is 0.561. The third-order valence-electron chi connectivity index (χ3n) is 2.84. The highest BCUT2D eigenvalue weighted by molar-refractivity contribution is 5.02. The van der Waals surface area contributed by atoms with Crippen molar-refractivity contribution in [3.05, 3.63) is 12.3 Å². The lowest BCUT2D eigenvalue weighted by atomic mass is 10.1. The van der Waals surface area contributed by atoms with Crippen LogP contribution in [-0.4, -0.2) is 38.1 Å². The average Bonchev–Trinajstić information content (AvgIpc) is 2.24. The molecule has 96 valence electrons. The van der Waals surface area contributed by atoms with Crippen molar-refractivity contribution in [2.75, 3.05) is 27.2 Å². The van der Waals surface area contributed by atoms with Gasteiger partial charge in [0.1, 0.15) is 0 Å². The summed E-state index contributed by atoms with van der Waals surface area (Å²) in [6, 6.07) is 0.408. The highest BCUT2D eigenvalue weighted by atomic mass is 15.1. The third kappa shape index (κ3) is 6.85. The van der Waals surface area contributed by atoms with Gasteiger partial charge in [0.25, 0.3) is 0 Å². The van der Waals surface area contributed by atoms with Gasteiger partial charge in [-0.2, -0.15) is 0 Å². The van der Waals surface area contributed by atoms with Crippen LogP contribution in [0, 0.1) is 0 Å². The van der Waals surface area contributed by atoms with Gasteiger partial charge >= 0.3 is 0 Å². The van der Waals surface area contributed by atoms with Crippen LogP contribution in [-0.2, 0) is 0 Å². The van der Waals surface area contributed by atoms with Gasteiger partial charge in [0.05, 0.1) is 0 Å². The number of hydrogen-bond acceptors (Lipinski definition) is 3. The Kier molecular flexibility index (Phi) is 9.34. The number of hydrogen-bond donors (Lipinski definition) is 2. The Labute approximate surface area is 101 Å². The van der Waals surface area contributed by atoms with Gasteiger partial charge in [-0.15, -0.1) is 0 Å². The van der Waals surface area contributed by atoms with Crippen LogP contribution in [0.4, 0.5) is 0 Å². The van der Waals surface area contributed by atoms with Crippen molar-refractivity contribution in [1.29, 1.82) is 0 Å². The molecule has 3 heteroatoms. The molecule has 0 heterocycles.